The Bertz CT molecular complexity index is 424. The number of amides is 1. The lowest BCUT2D eigenvalue weighted by atomic mass is 10.1. The number of hydrogen-bond donors (Lipinski definition) is 1. The Morgan fingerprint density at radius 3 is 2.65 bits per heavy atom. The number of anilines is 1. The average molecular weight is 301 g/mol. The van der Waals surface area contributed by atoms with Gasteiger partial charge in [0.2, 0.25) is 5.91 Å². The third-order valence-corrected chi connectivity index (χ3v) is 3.24. The molecule has 0 saturated heterocycles. The van der Waals surface area contributed by atoms with Crippen molar-refractivity contribution in [1.82, 2.24) is 5.32 Å². The molecule has 4 nitrogen and oxygen atoms in total. The third kappa shape index (κ3) is 5.12. The number of nitrogens with zero attached hydrogens (tertiary/aromatic N) is 1. The van der Waals surface area contributed by atoms with Crippen LogP contribution in [-0.2, 0) is 9.53 Å². The summed E-state index contributed by atoms with van der Waals surface area (Å²) in [5, 5.41) is 3.09. The predicted molar refractivity (Wildman–Crippen MR) is 85.9 cm³/mol. The molecule has 0 aliphatic rings. The Kier molecular flexibility index (Phi) is 9.21. The summed E-state index contributed by atoms with van der Waals surface area (Å²) in [4.78, 5) is 14.0. The molecule has 20 heavy (non-hydrogen) atoms. The van der Waals surface area contributed by atoms with E-state index in [1.54, 1.807) is 7.11 Å². The molecule has 0 heterocycles. The second kappa shape index (κ2) is 9.75. The maximum atomic E-state index is 12.2. The molecule has 0 bridgehead atoms. The number of rotatable bonds is 7. The van der Waals surface area contributed by atoms with E-state index >= 15 is 0 Å². The number of methoxy groups -OCH3 is 1. The lowest BCUT2D eigenvalue weighted by molar-refractivity contribution is -0.117. The van der Waals surface area contributed by atoms with Crippen molar-refractivity contribution in [3.63, 3.8) is 0 Å². The summed E-state index contributed by atoms with van der Waals surface area (Å²) < 4.78 is 4.94. The fourth-order valence-electron chi connectivity index (χ4n) is 1.97. The van der Waals surface area contributed by atoms with Crippen LogP contribution >= 0.6 is 12.4 Å². The van der Waals surface area contributed by atoms with Crippen LogP contribution in [0.2, 0.25) is 0 Å². The molecule has 1 N–H and O–H groups in total. The fourth-order valence-corrected chi connectivity index (χ4v) is 1.97. The Hall–Kier alpha value is -1.10. The summed E-state index contributed by atoms with van der Waals surface area (Å²) in [6, 6.07) is 6.05. The van der Waals surface area contributed by atoms with E-state index in [9.17, 15) is 4.79 Å². The van der Waals surface area contributed by atoms with Crippen LogP contribution in [0, 0.1) is 13.8 Å². The lowest BCUT2D eigenvalue weighted by Crippen LogP contribution is -2.39. The molecule has 0 atom stereocenters. The molecule has 0 saturated carbocycles. The summed E-state index contributed by atoms with van der Waals surface area (Å²) in [6.45, 7) is 8.43. The Morgan fingerprint density at radius 2 is 2.05 bits per heavy atom. The monoisotopic (exact) mass is 300 g/mol. The number of carbonyl (C=O) groups excluding carboxylic acids is 1. The van der Waals surface area contributed by atoms with Crippen molar-refractivity contribution < 1.29 is 9.53 Å². The van der Waals surface area contributed by atoms with Gasteiger partial charge in [0, 0.05) is 25.9 Å². The fraction of sp³-hybridized carbons (Fsp3) is 0.533. The van der Waals surface area contributed by atoms with E-state index in [1.165, 1.54) is 5.56 Å². The summed E-state index contributed by atoms with van der Waals surface area (Å²) >= 11 is 0. The molecule has 1 amide bonds. The summed E-state index contributed by atoms with van der Waals surface area (Å²) in [7, 11) is 1.65. The van der Waals surface area contributed by atoms with Crippen molar-refractivity contribution in [2.45, 2.75) is 20.8 Å². The largest absolute Gasteiger partial charge is 0.383 e. The van der Waals surface area contributed by atoms with Gasteiger partial charge in [0.05, 0.1) is 13.2 Å². The minimum absolute atomic E-state index is 0. The first-order valence-electron chi connectivity index (χ1n) is 6.68. The van der Waals surface area contributed by atoms with E-state index in [4.69, 9.17) is 4.74 Å². The normalized spacial score (nSPS) is 10.0. The van der Waals surface area contributed by atoms with Crippen LogP contribution < -0.4 is 10.2 Å². The number of halogens is 1. The van der Waals surface area contributed by atoms with Gasteiger partial charge in [0.25, 0.3) is 0 Å². The zero-order chi connectivity index (χ0) is 14.3. The van der Waals surface area contributed by atoms with Gasteiger partial charge in [-0.15, -0.1) is 12.4 Å². The first-order valence-corrected chi connectivity index (χ1v) is 6.68. The predicted octanol–water partition coefficient (Wildman–Crippen LogP) is 2.31. The number of ether oxygens (including phenoxy) is 1. The van der Waals surface area contributed by atoms with Crippen molar-refractivity contribution in [2.75, 3.05) is 38.3 Å². The molecule has 0 unspecified atom stereocenters. The maximum Gasteiger partial charge on any atom is 0.240 e. The number of nitrogens with one attached hydrogen (secondary N) is 1. The zero-order valence-electron chi connectivity index (χ0n) is 12.7. The number of hydrogen-bond acceptors (Lipinski definition) is 3. The highest BCUT2D eigenvalue weighted by Gasteiger charge is 2.15. The van der Waals surface area contributed by atoms with Crippen molar-refractivity contribution in [3.8, 4) is 0 Å². The van der Waals surface area contributed by atoms with Gasteiger partial charge < -0.3 is 15.0 Å². The molecule has 0 spiro atoms. The average Bonchev–Trinajstić information content (AvgIpc) is 2.40. The van der Waals surface area contributed by atoms with Crippen LogP contribution in [0.25, 0.3) is 0 Å². The van der Waals surface area contributed by atoms with Gasteiger partial charge in [-0.25, -0.2) is 0 Å². The number of benzene rings is 1. The lowest BCUT2D eigenvalue weighted by Gasteiger charge is -2.24. The van der Waals surface area contributed by atoms with E-state index in [2.05, 4.69) is 25.2 Å². The molecule has 0 aliphatic heterocycles. The minimum Gasteiger partial charge on any atom is -0.383 e. The van der Waals surface area contributed by atoms with Crippen LogP contribution in [0.3, 0.4) is 0 Å². The summed E-state index contributed by atoms with van der Waals surface area (Å²) in [5.74, 6) is 0.0901. The van der Waals surface area contributed by atoms with Crippen molar-refractivity contribution in [2.24, 2.45) is 0 Å². The first kappa shape index (κ1) is 18.9. The van der Waals surface area contributed by atoms with Crippen LogP contribution in [-0.4, -0.2) is 39.3 Å². The molecule has 0 fully saturated rings. The van der Waals surface area contributed by atoms with Crippen molar-refractivity contribution in [3.05, 3.63) is 29.3 Å². The van der Waals surface area contributed by atoms with Gasteiger partial charge in [-0.3, -0.25) is 4.79 Å². The molecule has 0 radical (unpaired) electrons. The van der Waals surface area contributed by atoms with Gasteiger partial charge in [0.1, 0.15) is 0 Å². The quantitative estimate of drug-likeness (QED) is 0.786. The second-order valence-electron chi connectivity index (χ2n) is 4.53. The van der Waals surface area contributed by atoms with Crippen molar-refractivity contribution >= 4 is 24.0 Å². The highest BCUT2D eigenvalue weighted by molar-refractivity contribution is 5.95. The van der Waals surface area contributed by atoms with Gasteiger partial charge in [-0.2, -0.15) is 0 Å². The molecule has 1 aromatic carbocycles. The molecular formula is C15H25ClN2O2. The number of aryl methyl sites for hydroxylation is 1. The van der Waals surface area contributed by atoms with Gasteiger partial charge in [-0.05, 0) is 38.0 Å². The highest BCUT2D eigenvalue weighted by atomic mass is 35.5. The van der Waals surface area contributed by atoms with E-state index in [1.807, 2.05) is 24.0 Å². The zero-order valence-corrected chi connectivity index (χ0v) is 13.5. The number of carbonyl (C=O) groups is 1. The van der Waals surface area contributed by atoms with Crippen LogP contribution in [0.15, 0.2) is 18.2 Å². The summed E-state index contributed by atoms with van der Waals surface area (Å²) in [6.07, 6.45) is 0. The van der Waals surface area contributed by atoms with Gasteiger partial charge in [0.15, 0.2) is 0 Å². The third-order valence-electron chi connectivity index (χ3n) is 3.24. The Morgan fingerprint density at radius 1 is 1.35 bits per heavy atom. The van der Waals surface area contributed by atoms with Crippen LogP contribution in [0.5, 0.6) is 0 Å². The smallest absolute Gasteiger partial charge is 0.240 e. The Labute approximate surface area is 127 Å². The van der Waals surface area contributed by atoms with E-state index in [0.29, 0.717) is 26.2 Å². The first-order chi connectivity index (χ1) is 9.11. The highest BCUT2D eigenvalue weighted by Crippen LogP contribution is 2.22. The molecule has 0 aromatic heterocycles. The van der Waals surface area contributed by atoms with Gasteiger partial charge >= 0.3 is 0 Å². The summed E-state index contributed by atoms with van der Waals surface area (Å²) in [5.41, 5.74) is 3.37. The van der Waals surface area contributed by atoms with Gasteiger partial charge in [-0.1, -0.05) is 12.1 Å². The standard InChI is InChI=1S/C15H24N2O2.ClH/c1-5-17(15(18)11-16-9-10-19-4)14-8-6-7-12(2)13(14)3;/h6-8,16H,5,9-11H2,1-4H3;1H. The SMILES string of the molecule is CCN(C(=O)CNCCOC)c1cccc(C)c1C.Cl. The molecule has 5 heteroatoms. The van der Waals surface area contributed by atoms with E-state index < -0.39 is 0 Å². The topological polar surface area (TPSA) is 41.6 Å². The van der Waals surface area contributed by atoms with Crippen LogP contribution in [0.1, 0.15) is 18.1 Å². The maximum absolute atomic E-state index is 12.2. The molecule has 114 valence electrons. The van der Waals surface area contributed by atoms with E-state index in [0.717, 1.165) is 11.3 Å². The Balaban J connectivity index is 0.00000361. The van der Waals surface area contributed by atoms with Crippen LogP contribution in [0.4, 0.5) is 5.69 Å². The van der Waals surface area contributed by atoms with Crippen molar-refractivity contribution in [1.29, 1.82) is 0 Å². The molecule has 0 aliphatic carbocycles. The van der Waals surface area contributed by atoms with E-state index in [-0.39, 0.29) is 18.3 Å². The number of likely N-dealkylation sites (N-methyl/N-ethyl adjacent to an activating group) is 1. The molecule has 1 rings (SSSR count). The molecular weight excluding hydrogens is 276 g/mol. The minimum atomic E-state index is 0. The second-order valence-corrected chi connectivity index (χ2v) is 4.53. The molecule has 1 aromatic rings.